The van der Waals surface area contributed by atoms with Crippen LogP contribution in [0.25, 0.3) is 0 Å². The van der Waals surface area contributed by atoms with Gasteiger partial charge in [-0.05, 0) is 53.3 Å². The summed E-state index contributed by atoms with van der Waals surface area (Å²) < 4.78 is 25.7. The van der Waals surface area contributed by atoms with E-state index in [1.807, 2.05) is 24.3 Å². The normalized spacial score (nSPS) is 19.9. The van der Waals surface area contributed by atoms with Crippen LogP contribution in [0.15, 0.2) is 24.3 Å². The third-order valence-electron chi connectivity index (χ3n) is 2.21. The van der Waals surface area contributed by atoms with E-state index in [4.69, 9.17) is 0 Å². The molecule has 1 saturated heterocycles. The molecule has 0 atom stereocenters. The Morgan fingerprint density at radius 2 is 1.86 bits per heavy atom. The Balaban J connectivity index is 2.36. The molecule has 1 heterocycles. The van der Waals surface area contributed by atoms with Gasteiger partial charge in [0.25, 0.3) is 0 Å². The zero-order valence-corrected chi connectivity index (χ0v) is 10.5. The highest BCUT2D eigenvalue weighted by atomic mass is 127. The van der Waals surface area contributed by atoms with Crippen LogP contribution in [-0.4, -0.2) is 20.7 Å². The molecular weight excluding hydrogens is 313 g/mol. The van der Waals surface area contributed by atoms with E-state index in [1.54, 1.807) is 0 Å². The summed E-state index contributed by atoms with van der Waals surface area (Å²) >= 11 is 2.20. The summed E-state index contributed by atoms with van der Waals surface area (Å²) in [6.45, 7) is 0.614. The third kappa shape index (κ3) is 1.88. The van der Waals surface area contributed by atoms with Crippen molar-refractivity contribution in [2.24, 2.45) is 0 Å². The third-order valence-corrected chi connectivity index (χ3v) is 4.80. The molecule has 1 aromatic carbocycles. The fraction of sp³-hybridized carbons (Fsp3) is 0.333. The van der Waals surface area contributed by atoms with Crippen molar-refractivity contribution in [2.75, 3.05) is 16.6 Å². The molecule has 14 heavy (non-hydrogen) atoms. The van der Waals surface area contributed by atoms with E-state index >= 15 is 0 Å². The molecule has 0 unspecified atom stereocenters. The zero-order valence-electron chi connectivity index (χ0n) is 7.48. The van der Waals surface area contributed by atoms with Gasteiger partial charge in [0.05, 0.1) is 11.4 Å². The number of benzene rings is 1. The minimum atomic E-state index is -3.02. The van der Waals surface area contributed by atoms with E-state index in [-0.39, 0.29) is 5.75 Å². The molecule has 1 aliphatic rings. The second-order valence-corrected chi connectivity index (χ2v) is 6.48. The molecule has 0 amide bonds. The molecule has 0 saturated carbocycles. The van der Waals surface area contributed by atoms with Crippen molar-refractivity contribution >= 4 is 38.3 Å². The number of anilines is 1. The van der Waals surface area contributed by atoms with Gasteiger partial charge in [0, 0.05) is 10.1 Å². The summed E-state index contributed by atoms with van der Waals surface area (Å²) in [6, 6.07) is 7.54. The maximum Gasteiger partial charge on any atom is 0.235 e. The predicted octanol–water partition coefficient (Wildman–Crippen LogP) is 1.83. The van der Waals surface area contributed by atoms with Crippen LogP contribution >= 0.6 is 22.6 Å². The van der Waals surface area contributed by atoms with Crippen molar-refractivity contribution in [1.82, 2.24) is 0 Å². The lowest BCUT2D eigenvalue weighted by Crippen LogP contribution is -2.24. The lowest BCUT2D eigenvalue weighted by atomic mass is 10.3. The van der Waals surface area contributed by atoms with Crippen LogP contribution in [0.2, 0.25) is 0 Å². The molecule has 0 spiro atoms. The average molecular weight is 323 g/mol. The average Bonchev–Trinajstić information content (AvgIpc) is 2.47. The van der Waals surface area contributed by atoms with Crippen LogP contribution in [0.5, 0.6) is 0 Å². The van der Waals surface area contributed by atoms with Gasteiger partial charge in [-0.2, -0.15) is 0 Å². The standard InChI is InChI=1S/C9H10INO2S/c10-8-2-4-9(5-3-8)11-6-1-7-14(11,12)13/h2-5H,1,6-7H2. The van der Waals surface area contributed by atoms with Gasteiger partial charge in [-0.15, -0.1) is 0 Å². The van der Waals surface area contributed by atoms with E-state index in [9.17, 15) is 8.42 Å². The van der Waals surface area contributed by atoms with Crippen molar-refractivity contribution in [3.8, 4) is 0 Å². The number of hydrogen-bond acceptors (Lipinski definition) is 2. The summed E-state index contributed by atoms with van der Waals surface area (Å²) in [6.07, 6.45) is 0.730. The van der Waals surface area contributed by atoms with Crippen LogP contribution in [-0.2, 0) is 10.0 Å². The van der Waals surface area contributed by atoms with Gasteiger partial charge in [-0.1, -0.05) is 0 Å². The van der Waals surface area contributed by atoms with Crippen LogP contribution in [0, 0.1) is 3.57 Å². The maximum absolute atomic E-state index is 11.6. The van der Waals surface area contributed by atoms with Gasteiger partial charge < -0.3 is 0 Å². The first-order chi connectivity index (χ1) is 6.59. The highest BCUT2D eigenvalue weighted by Crippen LogP contribution is 2.24. The highest BCUT2D eigenvalue weighted by molar-refractivity contribution is 14.1. The zero-order chi connectivity index (χ0) is 10.2. The van der Waals surface area contributed by atoms with E-state index < -0.39 is 10.0 Å². The van der Waals surface area contributed by atoms with E-state index in [2.05, 4.69) is 22.6 Å². The van der Waals surface area contributed by atoms with Crippen LogP contribution < -0.4 is 4.31 Å². The Morgan fingerprint density at radius 1 is 1.21 bits per heavy atom. The lowest BCUT2D eigenvalue weighted by Gasteiger charge is -2.16. The molecule has 0 aliphatic carbocycles. The monoisotopic (exact) mass is 323 g/mol. The fourth-order valence-electron chi connectivity index (χ4n) is 1.54. The highest BCUT2D eigenvalue weighted by Gasteiger charge is 2.27. The van der Waals surface area contributed by atoms with Crippen molar-refractivity contribution in [2.45, 2.75) is 6.42 Å². The SMILES string of the molecule is O=S1(=O)CCCN1c1ccc(I)cc1. The summed E-state index contributed by atoms with van der Waals surface area (Å²) in [4.78, 5) is 0. The van der Waals surface area contributed by atoms with Gasteiger partial charge in [-0.25, -0.2) is 8.42 Å². The molecule has 0 aromatic heterocycles. The molecule has 1 aromatic rings. The first-order valence-electron chi connectivity index (χ1n) is 4.35. The molecule has 0 radical (unpaired) electrons. The van der Waals surface area contributed by atoms with E-state index in [0.29, 0.717) is 6.54 Å². The lowest BCUT2D eigenvalue weighted by molar-refractivity contribution is 0.599. The molecule has 0 bridgehead atoms. The molecule has 0 N–H and O–H groups in total. The Bertz CT molecular complexity index is 427. The molecule has 1 fully saturated rings. The smallest absolute Gasteiger partial charge is 0.235 e. The Labute approximate surface area is 97.3 Å². The van der Waals surface area contributed by atoms with Crippen LogP contribution in [0.1, 0.15) is 6.42 Å². The van der Waals surface area contributed by atoms with Gasteiger partial charge >= 0.3 is 0 Å². The number of rotatable bonds is 1. The van der Waals surface area contributed by atoms with Gasteiger partial charge in [0.1, 0.15) is 0 Å². The summed E-state index contributed by atoms with van der Waals surface area (Å²) in [7, 11) is -3.02. The number of halogens is 1. The van der Waals surface area contributed by atoms with Crippen molar-refractivity contribution < 1.29 is 8.42 Å². The molecule has 3 nitrogen and oxygen atoms in total. The Kier molecular flexibility index (Phi) is 2.70. The van der Waals surface area contributed by atoms with Gasteiger partial charge in [-0.3, -0.25) is 4.31 Å². The van der Waals surface area contributed by atoms with E-state index in [0.717, 1.165) is 15.7 Å². The van der Waals surface area contributed by atoms with Crippen LogP contribution in [0.3, 0.4) is 0 Å². The second-order valence-electron chi connectivity index (χ2n) is 3.22. The minimum Gasteiger partial charge on any atom is -0.270 e. The molecule has 76 valence electrons. The van der Waals surface area contributed by atoms with E-state index in [1.165, 1.54) is 4.31 Å². The first-order valence-corrected chi connectivity index (χ1v) is 7.04. The maximum atomic E-state index is 11.6. The second kappa shape index (κ2) is 3.69. The Morgan fingerprint density at radius 3 is 2.36 bits per heavy atom. The Hall–Kier alpha value is -0.300. The molecule has 1 aliphatic heterocycles. The number of sulfonamides is 1. The first kappa shape index (κ1) is 10.2. The summed E-state index contributed by atoms with van der Waals surface area (Å²) in [5.74, 6) is 0.277. The van der Waals surface area contributed by atoms with Gasteiger partial charge in [0.2, 0.25) is 10.0 Å². The van der Waals surface area contributed by atoms with Crippen LogP contribution in [0.4, 0.5) is 5.69 Å². The number of nitrogens with zero attached hydrogens (tertiary/aromatic N) is 1. The van der Waals surface area contributed by atoms with Crippen molar-refractivity contribution in [1.29, 1.82) is 0 Å². The quantitative estimate of drug-likeness (QED) is 0.740. The molecule has 5 heteroatoms. The minimum absolute atomic E-state index is 0.277. The molecular formula is C9H10INO2S. The summed E-state index contributed by atoms with van der Waals surface area (Å²) in [5.41, 5.74) is 0.780. The van der Waals surface area contributed by atoms with Crippen molar-refractivity contribution in [3.63, 3.8) is 0 Å². The van der Waals surface area contributed by atoms with Gasteiger partial charge in [0.15, 0.2) is 0 Å². The van der Waals surface area contributed by atoms with Crippen molar-refractivity contribution in [3.05, 3.63) is 27.8 Å². The predicted molar refractivity (Wildman–Crippen MR) is 64.9 cm³/mol. The largest absolute Gasteiger partial charge is 0.270 e. The number of hydrogen-bond donors (Lipinski definition) is 0. The molecule has 2 rings (SSSR count). The fourth-order valence-corrected chi connectivity index (χ4v) is 3.46. The topological polar surface area (TPSA) is 37.4 Å². The summed E-state index contributed by atoms with van der Waals surface area (Å²) in [5, 5.41) is 0.